The number of aliphatic hydroxyl groups excluding tert-OH is 1. The Morgan fingerprint density at radius 2 is 2.22 bits per heavy atom. The summed E-state index contributed by atoms with van der Waals surface area (Å²) < 4.78 is 0. The van der Waals surface area contributed by atoms with Crippen LogP contribution in [0.25, 0.3) is 0 Å². The predicted octanol–water partition coefficient (Wildman–Crippen LogP) is 1.02. The number of hydrogen-bond acceptors (Lipinski definition) is 2. The van der Waals surface area contributed by atoms with E-state index in [1.807, 2.05) is 0 Å². The van der Waals surface area contributed by atoms with Gasteiger partial charge in [0.05, 0.1) is 0 Å². The van der Waals surface area contributed by atoms with Crippen molar-refractivity contribution in [3.63, 3.8) is 0 Å². The van der Waals surface area contributed by atoms with Gasteiger partial charge in [-0.3, -0.25) is 0 Å². The van der Waals surface area contributed by atoms with Gasteiger partial charge in [0.1, 0.15) is 0 Å². The average Bonchev–Trinajstić information content (AvgIpc) is 1.85. The van der Waals surface area contributed by atoms with Crippen molar-refractivity contribution >= 4 is 14.7 Å². The van der Waals surface area contributed by atoms with Gasteiger partial charge in [-0.15, -0.1) is 0 Å². The van der Waals surface area contributed by atoms with E-state index >= 15 is 0 Å². The SMILES string of the molecule is C[As](CCO)CCC#N. The first-order chi connectivity index (χ1) is 4.31. The molecule has 3 heteroatoms. The first-order valence-electron chi connectivity index (χ1n) is 2.97. The molecule has 0 bridgehead atoms. The van der Waals surface area contributed by atoms with Crippen molar-refractivity contribution in [1.29, 1.82) is 5.26 Å². The minimum absolute atomic E-state index is 0.307. The van der Waals surface area contributed by atoms with Crippen LogP contribution in [0.5, 0.6) is 0 Å². The molecule has 0 saturated heterocycles. The quantitative estimate of drug-likeness (QED) is 0.671. The second-order valence-electron chi connectivity index (χ2n) is 1.93. The Morgan fingerprint density at radius 1 is 1.56 bits per heavy atom. The Labute approximate surface area is 60.8 Å². The molecule has 0 radical (unpaired) electrons. The van der Waals surface area contributed by atoms with Crippen LogP contribution >= 0.6 is 0 Å². The Morgan fingerprint density at radius 3 is 2.67 bits per heavy atom. The third-order valence-corrected chi connectivity index (χ3v) is 5.18. The van der Waals surface area contributed by atoms with Gasteiger partial charge in [0.15, 0.2) is 0 Å². The number of hydrogen-bond donors (Lipinski definition) is 1. The van der Waals surface area contributed by atoms with Gasteiger partial charge in [-0.1, -0.05) is 0 Å². The molecule has 9 heavy (non-hydrogen) atoms. The predicted molar refractivity (Wildman–Crippen MR) is 38.5 cm³/mol. The normalized spacial score (nSPS) is 12.6. The maximum absolute atomic E-state index is 8.49. The summed E-state index contributed by atoms with van der Waals surface area (Å²) in [5.41, 5.74) is 2.19. The molecule has 1 atom stereocenters. The second-order valence-corrected chi connectivity index (χ2v) is 7.40. The molecule has 0 amide bonds. The minimum atomic E-state index is -0.752. The molecule has 0 aliphatic rings. The Kier molecular flexibility index (Phi) is 6.14. The fraction of sp³-hybridized carbons (Fsp3) is 0.833. The number of nitrogens with zero attached hydrogens (tertiary/aromatic N) is 1. The van der Waals surface area contributed by atoms with Crippen molar-refractivity contribution in [3.8, 4) is 6.07 Å². The molecule has 0 spiro atoms. The van der Waals surface area contributed by atoms with E-state index in [0.29, 0.717) is 13.0 Å². The zero-order valence-electron chi connectivity index (χ0n) is 5.67. The van der Waals surface area contributed by atoms with Crippen LogP contribution in [0, 0.1) is 11.3 Å². The first kappa shape index (κ1) is 9.01. The Hall–Kier alpha value is 0.00844. The molecule has 0 aromatic carbocycles. The summed E-state index contributed by atoms with van der Waals surface area (Å²) in [6, 6.07) is 2.11. The number of aliphatic hydroxyl groups is 1. The average molecular weight is 189 g/mol. The molecule has 0 heterocycles. The second kappa shape index (κ2) is 6.13. The van der Waals surface area contributed by atoms with Gasteiger partial charge < -0.3 is 0 Å². The summed E-state index contributed by atoms with van der Waals surface area (Å²) in [6.45, 7) is 0.307. The van der Waals surface area contributed by atoms with E-state index < -0.39 is 14.7 Å². The van der Waals surface area contributed by atoms with Gasteiger partial charge in [0.2, 0.25) is 0 Å². The fourth-order valence-corrected chi connectivity index (χ4v) is 2.72. The zero-order chi connectivity index (χ0) is 7.11. The topological polar surface area (TPSA) is 44.0 Å². The van der Waals surface area contributed by atoms with E-state index in [4.69, 9.17) is 10.4 Å². The van der Waals surface area contributed by atoms with E-state index in [0.717, 1.165) is 10.4 Å². The Bertz CT molecular complexity index is 99.7. The van der Waals surface area contributed by atoms with Crippen LogP contribution in [0.3, 0.4) is 0 Å². The first-order valence-corrected chi connectivity index (χ1v) is 7.50. The Balaban J connectivity index is 3.07. The number of nitriles is 1. The molecule has 1 unspecified atom stereocenters. The summed E-state index contributed by atoms with van der Waals surface area (Å²) in [4.78, 5) is 0. The van der Waals surface area contributed by atoms with E-state index in [1.165, 1.54) is 0 Å². The van der Waals surface area contributed by atoms with Crippen molar-refractivity contribution < 1.29 is 5.11 Å². The van der Waals surface area contributed by atoms with Crippen LogP contribution < -0.4 is 0 Å². The molecule has 0 saturated carbocycles. The van der Waals surface area contributed by atoms with Gasteiger partial charge in [-0.2, -0.15) is 0 Å². The third kappa shape index (κ3) is 5.89. The molecule has 0 aliphatic carbocycles. The third-order valence-electron chi connectivity index (χ3n) is 1.09. The molecule has 0 fully saturated rings. The molecular formula is C6H12AsNO. The molecule has 2 nitrogen and oxygen atoms in total. The van der Waals surface area contributed by atoms with Crippen molar-refractivity contribution in [1.82, 2.24) is 0 Å². The molecule has 0 rings (SSSR count). The van der Waals surface area contributed by atoms with Gasteiger partial charge in [0, 0.05) is 0 Å². The van der Waals surface area contributed by atoms with Crippen LogP contribution in [-0.2, 0) is 0 Å². The van der Waals surface area contributed by atoms with Crippen LogP contribution in [0.2, 0.25) is 16.1 Å². The molecule has 0 aromatic heterocycles. The molecule has 0 aliphatic heterocycles. The van der Waals surface area contributed by atoms with Crippen molar-refractivity contribution in [2.45, 2.75) is 22.5 Å². The van der Waals surface area contributed by atoms with Crippen molar-refractivity contribution in [3.05, 3.63) is 0 Å². The monoisotopic (exact) mass is 189 g/mol. The van der Waals surface area contributed by atoms with Gasteiger partial charge in [0.25, 0.3) is 0 Å². The molecule has 52 valence electrons. The van der Waals surface area contributed by atoms with Gasteiger partial charge in [-0.25, -0.2) is 0 Å². The van der Waals surface area contributed by atoms with Crippen LogP contribution in [-0.4, -0.2) is 26.4 Å². The maximum atomic E-state index is 8.49. The summed E-state index contributed by atoms with van der Waals surface area (Å²) in [7, 11) is 0. The molecule has 0 aromatic rings. The van der Waals surface area contributed by atoms with E-state index in [9.17, 15) is 0 Å². The zero-order valence-corrected chi connectivity index (χ0v) is 7.55. The fourth-order valence-electron chi connectivity index (χ4n) is 0.523. The molecular weight excluding hydrogens is 177 g/mol. The summed E-state index contributed by atoms with van der Waals surface area (Å²) >= 11 is -0.752. The van der Waals surface area contributed by atoms with E-state index in [1.54, 1.807) is 0 Å². The van der Waals surface area contributed by atoms with Crippen molar-refractivity contribution in [2.24, 2.45) is 0 Å². The van der Waals surface area contributed by atoms with Crippen LogP contribution in [0.4, 0.5) is 0 Å². The van der Waals surface area contributed by atoms with Crippen LogP contribution in [0.1, 0.15) is 6.42 Å². The summed E-state index contributed by atoms with van der Waals surface area (Å²) in [5.74, 6) is 0. The molecule has 1 N–H and O–H groups in total. The van der Waals surface area contributed by atoms with Crippen LogP contribution in [0.15, 0.2) is 0 Å². The summed E-state index contributed by atoms with van der Waals surface area (Å²) in [6.07, 6.45) is 0.677. The van der Waals surface area contributed by atoms with E-state index in [-0.39, 0.29) is 0 Å². The van der Waals surface area contributed by atoms with Gasteiger partial charge >= 0.3 is 60.2 Å². The van der Waals surface area contributed by atoms with E-state index in [2.05, 4.69) is 11.8 Å². The number of rotatable bonds is 4. The standard InChI is InChI=1S/C6H12AsNO/c1-7(4-6-9)3-2-5-8/h9H,2-4,6H2,1H3. The van der Waals surface area contributed by atoms with Crippen molar-refractivity contribution in [2.75, 3.05) is 6.61 Å². The summed E-state index contributed by atoms with van der Waals surface area (Å²) in [5, 5.41) is 18.7. The van der Waals surface area contributed by atoms with Gasteiger partial charge in [-0.05, 0) is 0 Å².